The van der Waals surface area contributed by atoms with Gasteiger partial charge in [-0.15, -0.1) is 0 Å². The van der Waals surface area contributed by atoms with E-state index in [1.54, 1.807) is 24.3 Å². The van der Waals surface area contributed by atoms with Crippen LogP contribution in [0.25, 0.3) is 0 Å². The molecule has 0 aromatic heterocycles. The van der Waals surface area contributed by atoms with Gasteiger partial charge in [0.2, 0.25) is 0 Å². The summed E-state index contributed by atoms with van der Waals surface area (Å²) in [6, 6.07) is 6.63. The Kier molecular flexibility index (Phi) is 3.40. The molecule has 0 aliphatic carbocycles. The monoisotopic (exact) mass is 228 g/mol. The van der Waals surface area contributed by atoms with Crippen LogP contribution in [0.3, 0.4) is 0 Å². The molecule has 0 unspecified atom stereocenters. The summed E-state index contributed by atoms with van der Waals surface area (Å²) in [5.74, 6) is -0.0269. The summed E-state index contributed by atoms with van der Waals surface area (Å²) >= 11 is 0. The summed E-state index contributed by atoms with van der Waals surface area (Å²) in [6.45, 7) is 0.122. The van der Waals surface area contributed by atoms with Crippen molar-refractivity contribution in [3.8, 4) is 0 Å². The summed E-state index contributed by atoms with van der Waals surface area (Å²) in [4.78, 5) is 0. The Balaban J connectivity index is 2.69. The molecule has 15 heavy (non-hydrogen) atoms. The summed E-state index contributed by atoms with van der Waals surface area (Å²) in [7, 11) is -3.67. The van der Waals surface area contributed by atoms with E-state index in [2.05, 4.69) is 4.72 Å². The van der Waals surface area contributed by atoms with E-state index in [-0.39, 0.29) is 12.4 Å². The van der Waals surface area contributed by atoms with Crippen LogP contribution in [0.15, 0.2) is 24.3 Å². The van der Waals surface area contributed by atoms with Gasteiger partial charge in [-0.2, -0.15) is 13.1 Å². The van der Waals surface area contributed by atoms with Gasteiger partial charge in [0, 0.05) is 12.1 Å². The molecular formula is C8H12N4O2S. The lowest BCUT2D eigenvalue weighted by Crippen LogP contribution is -2.30. The predicted molar refractivity (Wildman–Crippen MR) is 57.4 cm³/mol. The van der Waals surface area contributed by atoms with E-state index in [0.717, 1.165) is 5.56 Å². The molecule has 6 N–H and O–H groups in total. The third-order valence-corrected chi connectivity index (χ3v) is 2.29. The summed E-state index contributed by atoms with van der Waals surface area (Å²) < 4.78 is 23.3. The van der Waals surface area contributed by atoms with Crippen molar-refractivity contribution in [2.24, 2.45) is 10.9 Å². The molecule has 82 valence electrons. The van der Waals surface area contributed by atoms with E-state index in [9.17, 15) is 8.42 Å². The highest BCUT2D eigenvalue weighted by molar-refractivity contribution is 7.87. The fourth-order valence-electron chi connectivity index (χ4n) is 0.986. The second-order valence-electron chi connectivity index (χ2n) is 2.98. The van der Waals surface area contributed by atoms with Crippen LogP contribution in [0, 0.1) is 5.41 Å². The first-order chi connectivity index (χ1) is 6.88. The highest BCUT2D eigenvalue weighted by Gasteiger charge is 2.01. The minimum absolute atomic E-state index is 0.0269. The first kappa shape index (κ1) is 11.6. The van der Waals surface area contributed by atoms with Crippen molar-refractivity contribution in [3.63, 3.8) is 0 Å². The van der Waals surface area contributed by atoms with Crippen molar-refractivity contribution in [1.82, 2.24) is 4.72 Å². The van der Waals surface area contributed by atoms with Crippen LogP contribution >= 0.6 is 0 Å². The van der Waals surface area contributed by atoms with Crippen LogP contribution in [0.4, 0.5) is 0 Å². The van der Waals surface area contributed by atoms with Crippen LogP contribution < -0.4 is 15.6 Å². The molecule has 7 heteroatoms. The van der Waals surface area contributed by atoms with Crippen molar-refractivity contribution < 1.29 is 8.42 Å². The van der Waals surface area contributed by atoms with Gasteiger partial charge in [-0.05, 0) is 5.56 Å². The normalized spacial score (nSPS) is 11.3. The van der Waals surface area contributed by atoms with E-state index in [4.69, 9.17) is 16.3 Å². The molecule has 0 heterocycles. The quantitative estimate of drug-likeness (QED) is 0.401. The lowest BCUT2D eigenvalue weighted by Gasteiger charge is -2.03. The molecule has 0 fully saturated rings. The molecule has 0 aliphatic heterocycles. The Morgan fingerprint density at radius 1 is 1.33 bits per heavy atom. The number of amidine groups is 1. The Bertz CT molecular complexity index is 452. The Morgan fingerprint density at radius 3 is 2.27 bits per heavy atom. The van der Waals surface area contributed by atoms with E-state index in [1.165, 1.54) is 0 Å². The number of hydrogen-bond acceptors (Lipinski definition) is 3. The first-order valence-corrected chi connectivity index (χ1v) is 5.64. The molecular weight excluding hydrogens is 216 g/mol. The van der Waals surface area contributed by atoms with Gasteiger partial charge in [0.15, 0.2) is 0 Å². The van der Waals surface area contributed by atoms with E-state index in [1.807, 2.05) is 0 Å². The Labute approximate surface area is 88.0 Å². The van der Waals surface area contributed by atoms with Crippen molar-refractivity contribution in [1.29, 1.82) is 5.41 Å². The standard InChI is InChI=1S/C8H12N4O2S/c9-8(10)7-3-1-6(2-4-7)5-12-15(11,13)14/h1-4,12H,5H2,(H3,9,10)(H2,11,13,14). The minimum atomic E-state index is -3.67. The lowest BCUT2D eigenvalue weighted by atomic mass is 10.1. The number of nitrogens with one attached hydrogen (secondary N) is 2. The van der Waals surface area contributed by atoms with Gasteiger partial charge >= 0.3 is 0 Å². The van der Waals surface area contributed by atoms with E-state index in [0.29, 0.717) is 5.56 Å². The molecule has 0 amide bonds. The highest BCUT2D eigenvalue weighted by Crippen LogP contribution is 2.03. The third kappa shape index (κ3) is 4.07. The molecule has 0 atom stereocenters. The maximum absolute atomic E-state index is 10.6. The summed E-state index contributed by atoms with van der Waals surface area (Å²) in [6.07, 6.45) is 0. The van der Waals surface area contributed by atoms with E-state index < -0.39 is 10.2 Å². The molecule has 0 saturated heterocycles. The molecule has 6 nitrogen and oxygen atoms in total. The first-order valence-electron chi connectivity index (χ1n) is 4.09. The molecule has 0 spiro atoms. The average Bonchev–Trinajstić information content (AvgIpc) is 2.14. The zero-order valence-electron chi connectivity index (χ0n) is 7.90. The average molecular weight is 228 g/mol. The molecule has 1 aromatic rings. The van der Waals surface area contributed by atoms with Gasteiger partial charge < -0.3 is 5.73 Å². The van der Waals surface area contributed by atoms with Crippen molar-refractivity contribution >= 4 is 16.0 Å². The molecule has 0 bridgehead atoms. The molecule has 0 radical (unpaired) electrons. The number of nitrogen functional groups attached to an aromatic ring is 1. The van der Waals surface area contributed by atoms with Crippen LogP contribution in [0.1, 0.15) is 11.1 Å². The van der Waals surface area contributed by atoms with Gasteiger partial charge in [0.05, 0.1) is 0 Å². The van der Waals surface area contributed by atoms with E-state index >= 15 is 0 Å². The minimum Gasteiger partial charge on any atom is -0.384 e. The number of hydrogen-bond donors (Lipinski definition) is 4. The zero-order chi connectivity index (χ0) is 11.5. The second kappa shape index (κ2) is 4.39. The summed E-state index contributed by atoms with van der Waals surface area (Å²) in [5.41, 5.74) is 6.60. The largest absolute Gasteiger partial charge is 0.384 e. The second-order valence-corrected chi connectivity index (χ2v) is 4.36. The van der Waals surface area contributed by atoms with Crippen molar-refractivity contribution in [2.45, 2.75) is 6.54 Å². The number of nitrogens with two attached hydrogens (primary N) is 2. The molecule has 1 rings (SSSR count). The van der Waals surface area contributed by atoms with Crippen LogP contribution in [0.5, 0.6) is 0 Å². The van der Waals surface area contributed by atoms with Crippen molar-refractivity contribution in [3.05, 3.63) is 35.4 Å². The fraction of sp³-hybridized carbons (Fsp3) is 0.125. The predicted octanol–water partition coefficient (Wildman–Crippen LogP) is -0.736. The van der Waals surface area contributed by atoms with Gasteiger partial charge in [0.1, 0.15) is 5.84 Å². The summed E-state index contributed by atoms with van der Waals surface area (Å²) in [5, 5.41) is 11.9. The fourth-order valence-corrected chi connectivity index (χ4v) is 1.35. The van der Waals surface area contributed by atoms with Gasteiger partial charge in [-0.1, -0.05) is 24.3 Å². The van der Waals surface area contributed by atoms with Crippen LogP contribution in [0.2, 0.25) is 0 Å². The molecule has 0 aliphatic rings. The lowest BCUT2D eigenvalue weighted by molar-refractivity contribution is 0.583. The Morgan fingerprint density at radius 2 is 1.87 bits per heavy atom. The topological polar surface area (TPSA) is 122 Å². The number of rotatable bonds is 4. The highest BCUT2D eigenvalue weighted by atomic mass is 32.2. The smallest absolute Gasteiger partial charge is 0.274 e. The van der Waals surface area contributed by atoms with Gasteiger partial charge in [-0.25, -0.2) is 5.14 Å². The van der Waals surface area contributed by atoms with Crippen LogP contribution in [-0.2, 0) is 16.8 Å². The van der Waals surface area contributed by atoms with Gasteiger partial charge in [0.25, 0.3) is 10.2 Å². The zero-order valence-corrected chi connectivity index (χ0v) is 8.71. The third-order valence-electron chi connectivity index (χ3n) is 1.74. The van der Waals surface area contributed by atoms with Crippen LogP contribution in [-0.4, -0.2) is 14.3 Å². The van der Waals surface area contributed by atoms with Gasteiger partial charge in [-0.3, -0.25) is 5.41 Å². The Hall–Kier alpha value is -1.44. The maximum Gasteiger partial charge on any atom is 0.274 e. The molecule has 1 aromatic carbocycles. The molecule has 0 saturated carbocycles. The maximum atomic E-state index is 10.6. The number of benzene rings is 1. The SMILES string of the molecule is N=C(N)c1ccc(CNS(N)(=O)=O)cc1. The van der Waals surface area contributed by atoms with Crippen molar-refractivity contribution in [2.75, 3.05) is 0 Å².